The standard InChI is InChI=1S/C25H22N4O4S/c1-17(30)29(21-5-3-2-4-6-21)25-27-20(16-34-25)11-12-22(31)26-19-9-7-18(8-10-19)15-28-23(32)13-14-24(28)33/h2-12,16H,13-15H2,1H3,(H,26,31)/b12-11+. The van der Waals surface area contributed by atoms with E-state index in [-0.39, 0.29) is 43.0 Å². The second-order valence-electron chi connectivity index (χ2n) is 7.64. The molecule has 1 aromatic heterocycles. The molecule has 9 heteroatoms. The summed E-state index contributed by atoms with van der Waals surface area (Å²) in [4.78, 5) is 55.2. The smallest absolute Gasteiger partial charge is 0.248 e. The number of rotatable bonds is 7. The first-order valence-electron chi connectivity index (χ1n) is 10.6. The Morgan fingerprint density at radius 1 is 1.06 bits per heavy atom. The van der Waals surface area contributed by atoms with Gasteiger partial charge in [0.15, 0.2) is 5.13 Å². The Bertz CT molecular complexity index is 1240. The van der Waals surface area contributed by atoms with Crippen molar-refractivity contribution in [3.63, 3.8) is 0 Å². The molecule has 2 aromatic carbocycles. The quantitative estimate of drug-likeness (QED) is 0.410. The Labute approximate surface area is 200 Å². The number of carbonyl (C=O) groups is 4. The highest BCUT2D eigenvalue weighted by Crippen LogP contribution is 2.29. The van der Waals surface area contributed by atoms with Crippen molar-refractivity contribution < 1.29 is 19.2 Å². The lowest BCUT2D eigenvalue weighted by Crippen LogP contribution is -2.28. The molecule has 0 saturated carbocycles. The first-order chi connectivity index (χ1) is 16.4. The van der Waals surface area contributed by atoms with Crippen molar-refractivity contribution in [2.24, 2.45) is 0 Å². The number of thiazole rings is 1. The number of carbonyl (C=O) groups excluding carboxylic acids is 4. The molecule has 1 aliphatic heterocycles. The molecule has 0 atom stereocenters. The summed E-state index contributed by atoms with van der Waals surface area (Å²) in [6, 6.07) is 16.2. The fourth-order valence-electron chi connectivity index (χ4n) is 3.48. The van der Waals surface area contributed by atoms with Crippen LogP contribution in [0.2, 0.25) is 0 Å². The largest absolute Gasteiger partial charge is 0.323 e. The maximum absolute atomic E-state index is 12.3. The number of benzene rings is 2. The molecule has 1 saturated heterocycles. The second kappa shape index (κ2) is 10.2. The summed E-state index contributed by atoms with van der Waals surface area (Å²) in [5.74, 6) is -0.810. The van der Waals surface area contributed by atoms with Gasteiger partial charge in [-0.3, -0.25) is 29.0 Å². The highest BCUT2D eigenvalue weighted by molar-refractivity contribution is 7.14. The van der Waals surface area contributed by atoms with Crippen LogP contribution in [-0.2, 0) is 25.7 Å². The molecule has 4 amide bonds. The third-order valence-electron chi connectivity index (χ3n) is 5.15. The first-order valence-corrected chi connectivity index (χ1v) is 11.5. The van der Waals surface area contributed by atoms with Crippen LogP contribution in [-0.4, -0.2) is 33.5 Å². The van der Waals surface area contributed by atoms with Gasteiger partial charge in [0.25, 0.3) is 0 Å². The lowest BCUT2D eigenvalue weighted by atomic mass is 10.2. The molecule has 4 rings (SSSR count). The number of nitrogens with one attached hydrogen (secondary N) is 1. The number of para-hydroxylation sites is 1. The molecule has 172 valence electrons. The third-order valence-corrected chi connectivity index (χ3v) is 6.00. The highest BCUT2D eigenvalue weighted by atomic mass is 32.1. The van der Waals surface area contributed by atoms with Crippen LogP contribution in [0.25, 0.3) is 6.08 Å². The molecular weight excluding hydrogens is 452 g/mol. The van der Waals surface area contributed by atoms with Gasteiger partial charge in [-0.2, -0.15) is 0 Å². The number of aromatic nitrogens is 1. The molecule has 34 heavy (non-hydrogen) atoms. The molecule has 3 aromatic rings. The van der Waals surface area contributed by atoms with Crippen molar-refractivity contribution in [2.75, 3.05) is 10.2 Å². The van der Waals surface area contributed by atoms with E-state index in [1.165, 1.54) is 34.1 Å². The van der Waals surface area contributed by atoms with Crippen molar-refractivity contribution in [2.45, 2.75) is 26.3 Å². The van der Waals surface area contributed by atoms with Gasteiger partial charge in [0, 0.05) is 36.9 Å². The van der Waals surface area contributed by atoms with Crippen molar-refractivity contribution in [3.05, 3.63) is 77.3 Å². The summed E-state index contributed by atoms with van der Waals surface area (Å²) >= 11 is 1.31. The fourth-order valence-corrected chi connectivity index (χ4v) is 4.33. The number of likely N-dealkylation sites (tertiary alicyclic amines) is 1. The lowest BCUT2D eigenvalue weighted by Gasteiger charge is -2.17. The number of nitrogens with zero attached hydrogens (tertiary/aromatic N) is 3. The molecule has 0 radical (unpaired) electrons. The predicted octanol–water partition coefficient (Wildman–Crippen LogP) is 4.13. The van der Waals surface area contributed by atoms with Crippen molar-refractivity contribution >= 4 is 57.5 Å². The molecule has 0 spiro atoms. The van der Waals surface area contributed by atoms with Gasteiger partial charge < -0.3 is 5.32 Å². The third kappa shape index (κ3) is 5.44. The number of anilines is 3. The van der Waals surface area contributed by atoms with Crippen molar-refractivity contribution in [1.82, 2.24) is 9.88 Å². The molecule has 1 N–H and O–H groups in total. The Kier molecular flexibility index (Phi) is 6.93. The van der Waals surface area contributed by atoms with E-state index >= 15 is 0 Å². The normalized spacial score (nSPS) is 13.5. The van der Waals surface area contributed by atoms with Crippen LogP contribution in [0.4, 0.5) is 16.5 Å². The summed E-state index contributed by atoms with van der Waals surface area (Å²) in [7, 11) is 0. The van der Waals surface area contributed by atoms with Gasteiger partial charge >= 0.3 is 0 Å². The van der Waals surface area contributed by atoms with E-state index in [0.717, 1.165) is 11.3 Å². The number of hydrogen-bond acceptors (Lipinski definition) is 6. The van der Waals surface area contributed by atoms with Crippen molar-refractivity contribution in [3.8, 4) is 0 Å². The predicted molar refractivity (Wildman–Crippen MR) is 130 cm³/mol. The van der Waals surface area contributed by atoms with Crippen LogP contribution in [0.1, 0.15) is 31.0 Å². The Morgan fingerprint density at radius 3 is 2.38 bits per heavy atom. The maximum Gasteiger partial charge on any atom is 0.248 e. The zero-order valence-electron chi connectivity index (χ0n) is 18.4. The van der Waals surface area contributed by atoms with Crippen LogP contribution in [0, 0.1) is 0 Å². The van der Waals surface area contributed by atoms with Gasteiger partial charge in [0.2, 0.25) is 23.6 Å². The van der Waals surface area contributed by atoms with Gasteiger partial charge in [-0.05, 0) is 35.9 Å². The molecule has 1 fully saturated rings. The van der Waals surface area contributed by atoms with E-state index in [2.05, 4.69) is 10.3 Å². The molecule has 0 aliphatic carbocycles. The van der Waals surface area contributed by atoms with Crippen LogP contribution in [0.5, 0.6) is 0 Å². The van der Waals surface area contributed by atoms with Crippen LogP contribution in [0.3, 0.4) is 0 Å². The second-order valence-corrected chi connectivity index (χ2v) is 8.47. The minimum Gasteiger partial charge on any atom is -0.323 e. The number of imide groups is 1. The van der Waals surface area contributed by atoms with Crippen LogP contribution < -0.4 is 10.2 Å². The average Bonchev–Trinajstić information content (AvgIpc) is 3.41. The molecule has 2 heterocycles. The van der Waals surface area contributed by atoms with E-state index in [1.807, 2.05) is 30.3 Å². The summed E-state index contributed by atoms with van der Waals surface area (Å²) in [5.41, 5.74) is 2.68. The van der Waals surface area contributed by atoms with Crippen LogP contribution in [0.15, 0.2) is 66.1 Å². The van der Waals surface area contributed by atoms with E-state index < -0.39 is 0 Å². The van der Waals surface area contributed by atoms with E-state index in [0.29, 0.717) is 16.5 Å². The zero-order valence-corrected chi connectivity index (χ0v) is 19.2. The summed E-state index contributed by atoms with van der Waals surface area (Å²) in [5, 5.41) is 5.05. The van der Waals surface area contributed by atoms with Crippen molar-refractivity contribution in [1.29, 1.82) is 0 Å². The van der Waals surface area contributed by atoms with E-state index in [9.17, 15) is 19.2 Å². The first kappa shape index (κ1) is 23.1. The zero-order chi connectivity index (χ0) is 24.1. The number of hydrogen-bond donors (Lipinski definition) is 1. The molecular formula is C25H22N4O4S. The van der Waals surface area contributed by atoms with Gasteiger partial charge in [-0.25, -0.2) is 4.98 Å². The maximum atomic E-state index is 12.3. The Balaban J connectivity index is 1.36. The topological polar surface area (TPSA) is 99.7 Å². The lowest BCUT2D eigenvalue weighted by molar-refractivity contribution is -0.139. The van der Waals surface area contributed by atoms with Crippen LogP contribution >= 0.6 is 11.3 Å². The van der Waals surface area contributed by atoms with E-state index in [1.54, 1.807) is 35.7 Å². The summed E-state index contributed by atoms with van der Waals surface area (Å²) in [6.45, 7) is 1.71. The van der Waals surface area contributed by atoms with Gasteiger partial charge in [-0.15, -0.1) is 11.3 Å². The number of amides is 4. The molecule has 8 nitrogen and oxygen atoms in total. The minimum absolute atomic E-state index is 0.157. The monoisotopic (exact) mass is 474 g/mol. The van der Waals surface area contributed by atoms with Gasteiger partial charge in [0.1, 0.15) is 0 Å². The summed E-state index contributed by atoms with van der Waals surface area (Å²) in [6.07, 6.45) is 3.48. The Hall–Kier alpha value is -4.11. The summed E-state index contributed by atoms with van der Waals surface area (Å²) < 4.78 is 0. The fraction of sp³-hybridized carbons (Fsp3) is 0.160. The van der Waals surface area contributed by atoms with E-state index in [4.69, 9.17) is 0 Å². The van der Waals surface area contributed by atoms with Gasteiger partial charge in [-0.1, -0.05) is 30.3 Å². The molecule has 0 unspecified atom stereocenters. The highest BCUT2D eigenvalue weighted by Gasteiger charge is 2.28. The minimum atomic E-state index is -0.335. The SMILES string of the molecule is CC(=O)N(c1ccccc1)c1nc(/C=C/C(=O)Nc2ccc(CN3C(=O)CCC3=O)cc2)cs1. The molecule has 1 aliphatic rings. The van der Waals surface area contributed by atoms with Gasteiger partial charge in [0.05, 0.1) is 17.9 Å². The molecule has 0 bridgehead atoms. The Morgan fingerprint density at radius 2 is 1.74 bits per heavy atom. The average molecular weight is 475 g/mol.